The Morgan fingerprint density at radius 2 is 2.06 bits per heavy atom. The molecule has 0 spiro atoms. The van der Waals surface area contributed by atoms with Crippen LogP contribution >= 0.6 is 0 Å². The Morgan fingerprint density at radius 1 is 1.17 bits per heavy atom. The van der Waals surface area contributed by atoms with Gasteiger partial charge in [0.15, 0.2) is 0 Å². The molecule has 96 valence electrons. The van der Waals surface area contributed by atoms with Crippen LogP contribution in [0.5, 0.6) is 0 Å². The van der Waals surface area contributed by atoms with E-state index in [-0.39, 0.29) is 0 Å². The fraction of sp³-hybridized carbons (Fsp3) is 0.556. The largest absolute Gasteiger partial charge is 0.0801 e. The molecule has 0 nitrogen and oxygen atoms in total. The summed E-state index contributed by atoms with van der Waals surface area (Å²) in [6.07, 6.45) is 12.1. The first kappa shape index (κ1) is 12.0. The van der Waals surface area contributed by atoms with Gasteiger partial charge in [-0.25, -0.2) is 0 Å². The fourth-order valence-corrected chi connectivity index (χ4v) is 3.47. The van der Waals surface area contributed by atoms with Crippen LogP contribution in [-0.4, -0.2) is 0 Å². The van der Waals surface area contributed by atoms with Gasteiger partial charge in [0.25, 0.3) is 0 Å². The van der Waals surface area contributed by atoms with E-state index < -0.39 is 0 Å². The minimum atomic E-state index is 0.892. The van der Waals surface area contributed by atoms with E-state index in [9.17, 15) is 0 Å². The molecule has 0 aliphatic heterocycles. The van der Waals surface area contributed by atoms with Crippen molar-refractivity contribution in [3.8, 4) is 0 Å². The van der Waals surface area contributed by atoms with Crippen molar-refractivity contribution in [2.45, 2.75) is 51.9 Å². The molecule has 0 radical (unpaired) electrons. The first-order chi connectivity index (χ1) is 8.90. The summed E-state index contributed by atoms with van der Waals surface area (Å²) < 4.78 is 0. The molecule has 3 rings (SSSR count). The van der Waals surface area contributed by atoms with Crippen molar-refractivity contribution >= 4 is 5.57 Å². The van der Waals surface area contributed by atoms with Crippen LogP contribution in [0.3, 0.4) is 0 Å². The molecule has 1 aromatic carbocycles. The Kier molecular flexibility index (Phi) is 3.54. The molecule has 0 unspecified atom stereocenters. The van der Waals surface area contributed by atoms with Crippen LogP contribution in [0.15, 0.2) is 30.3 Å². The van der Waals surface area contributed by atoms with E-state index in [2.05, 4.69) is 37.3 Å². The Morgan fingerprint density at radius 3 is 2.94 bits per heavy atom. The highest BCUT2D eigenvalue weighted by Crippen LogP contribution is 2.52. The lowest BCUT2D eigenvalue weighted by Crippen LogP contribution is -2.01. The maximum absolute atomic E-state index is 2.52. The van der Waals surface area contributed by atoms with Crippen LogP contribution in [0, 0.1) is 11.8 Å². The summed E-state index contributed by atoms with van der Waals surface area (Å²) in [7, 11) is 0. The number of hydrogen-bond donors (Lipinski definition) is 0. The summed E-state index contributed by atoms with van der Waals surface area (Å²) in [5.74, 6) is 1.89. The van der Waals surface area contributed by atoms with Crippen molar-refractivity contribution in [2.75, 3.05) is 0 Å². The molecule has 2 atom stereocenters. The average molecular weight is 240 g/mol. The molecular weight excluding hydrogens is 216 g/mol. The van der Waals surface area contributed by atoms with Gasteiger partial charge in [-0.1, -0.05) is 56.5 Å². The normalized spacial score (nSPS) is 25.5. The molecule has 0 heterocycles. The van der Waals surface area contributed by atoms with Crippen LogP contribution in [-0.2, 0) is 6.42 Å². The summed E-state index contributed by atoms with van der Waals surface area (Å²) in [6, 6.07) is 9.04. The molecule has 0 N–H and O–H groups in total. The van der Waals surface area contributed by atoms with Gasteiger partial charge in [0.05, 0.1) is 0 Å². The highest BCUT2D eigenvalue weighted by atomic mass is 14.4. The minimum absolute atomic E-state index is 0.892. The molecule has 0 saturated heterocycles. The van der Waals surface area contributed by atoms with Crippen molar-refractivity contribution in [3.05, 3.63) is 41.5 Å². The summed E-state index contributed by atoms with van der Waals surface area (Å²) in [6.45, 7) is 2.30. The number of hydrogen-bond acceptors (Lipinski definition) is 0. The van der Waals surface area contributed by atoms with E-state index >= 15 is 0 Å². The Labute approximate surface area is 111 Å². The number of unbranched alkanes of at least 4 members (excludes halogenated alkanes) is 2. The quantitative estimate of drug-likeness (QED) is 0.618. The SMILES string of the molecule is CCCCC[C@@H]1C[C@H]1C1=CCCc2ccccc21. The summed E-state index contributed by atoms with van der Waals surface area (Å²) in [5, 5.41) is 0. The molecule has 1 saturated carbocycles. The highest BCUT2D eigenvalue weighted by molar-refractivity contribution is 5.73. The van der Waals surface area contributed by atoms with E-state index in [1.54, 1.807) is 16.7 Å². The second-order valence-electron chi connectivity index (χ2n) is 5.95. The zero-order valence-electron chi connectivity index (χ0n) is 11.5. The van der Waals surface area contributed by atoms with Crippen LogP contribution in [0.1, 0.15) is 56.6 Å². The molecule has 1 fully saturated rings. The van der Waals surface area contributed by atoms with Crippen LogP contribution < -0.4 is 0 Å². The first-order valence-electron chi connectivity index (χ1n) is 7.68. The summed E-state index contributed by atoms with van der Waals surface area (Å²) >= 11 is 0. The van der Waals surface area contributed by atoms with E-state index in [0.29, 0.717) is 0 Å². The predicted molar refractivity (Wildman–Crippen MR) is 78.5 cm³/mol. The second kappa shape index (κ2) is 5.30. The van der Waals surface area contributed by atoms with E-state index in [4.69, 9.17) is 0 Å². The lowest BCUT2D eigenvalue weighted by atomic mass is 9.87. The molecule has 0 amide bonds. The zero-order valence-corrected chi connectivity index (χ0v) is 11.5. The van der Waals surface area contributed by atoms with Gasteiger partial charge in [-0.2, -0.15) is 0 Å². The molecule has 2 aliphatic rings. The van der Waals surface area contributed by atoms with E-state index in [1.165, 1.54) is 44.9 Å². The van der Waals surface area contributed by atoms with Gasteiger partial charge in [0.1, 0.15) is 0 Å². The Hall–Kier alpha value is -1.04. The number of rotatable bonds is 5. The lowest BCUT2D eigenvalue weighted by molar-refractivity contribution is 0.607. The monoisotopic (exact) mass is 240 g/mol. The maximum atomic E-state index is 2.52. The summed E-state index contributed by atoms with van der Waals surface area (Å²) in [5.41, 5.74) is 4.82. The third-order valence-electron chi connectivity index (χ3n) is 4.61. The van der Waals surface area contributed by atoms with Gasteiger partial charge in [-0.3, -0.25) is 0 Å². The fourth-order valence-electron chi connectivity index (χ4n) is 3.47. The van der Waals surface area contributed by atoms with Crippen molar-refractivity contribution in [2.24, 2.45) is 11.8 Å². The van der Waals surface area contributed by atoms with Crippen LogP contribution in [0.2, 0.25) is 0 Å². The van der Waals surface area contributed by atoms with Crippen LogP contribution in [0.25, 0.3) is 5.57 Å². The van der Waals surface area contributed by atoms with Crippen molar-refractivity contribution in [3.63, 3.8) is 0 Å². The standard InChI is InChI=1S/C18H24/c1-2-3-4-9-15-13-18(15)17-12-7-10-14-8-5-6-11-16(14)17/h5-6,8,11-12,15,18H,2-4,7,9-10,13H2,1H3/t15-,18-/m1/s1. The Balaban J connectivity index is 1.66. The van der Waals surface area contributed by atoms with Gasteiger partial charge in [-0.15, -0.1) is 0 Å². The number of aryl methyl sites for hydroxylation is 1. The molecule has 0 heteroatoms. The molecule has 2 aliphatic carbocycles. The topological polar surface area (TPSA) is 0 Å². The van der Waals surface area contributed by atoms with Crippen molar-refractivity contribution in [1.82, 2.24) is 0 Å². The molecular formula is C18H24. The molecule has 1 aromatic rings. The molecule has 0 aromatic heterocycles. The third kappa shape index (κ3) is 2.39. The van der Waals surface area contributed by atoms with E-state index in [0.717, 1.165) is 11.8 Å². The van der Waals surface area contributed by atoms with Gasteiger partial charge >= 0.3 is 0 Å². The molecule has 0 bridgehead atoms. The van der Waals surface area contributed by atoms with Gasteiger partial charge in [0, 0.05) is 0 Å². The highest BCUT2D eigenvalue weighted by Gasteiger charge is 2.40. The lowest BCUT2D eigenvalue weighted by Gasteiger charge is -2.17. The second-order valence-corrected chi connectivity index (χ2v) is 5.95. The predicted octanol–water partition coefficient (Wildman–Crippen LogP) is 5.23. The summed E-state index contributed by atoms with van der Waals surface area (Å²) in [4.78, 5) is 0. The third-order valence-corrected chi connectivity index (χ3v) is 4.61. The van der Waals surface area contributed by atoms with Gasteiger partial charge < -0.3 is 0 Å². The Bertz CT molecular complexity index is 441. The maximum Gasteiger partial charge on any atom is -0.0128 e. The first-order valence-corrected chi connectivity index (χ1v) is 7.68. The zero-order chi connectivity index (χ0) is 12.4. The molecule has 18 heavy (non-hydrogen) atoms. The van der Waals surface area contributed by atoms with Gasteiger partial charge in [-0.05, 0) is 54.2 Å². The van der Waals surface area contributed by atoms with Gasteiger partial charge in [0.2, 0.25) is 0 Å². The van der Waals surface area contributed by atoms with Crippen molar-refractivity contribution < 1.29 is 0 Å². The number of allylic oxidation sites excluding steroid dienone is 2. The van der Waals surface area contributed by atoms with E-state index in [1.807, 2.05) is 0 Å². The van der Waals surface area contributed by atoms with Crippen LogP contribution in [0.4, 0.5) is 0 Å². The number of fused-ring (bicyclic) bond motifs is 1. The van der Waals surface area contributed by atoms with Crippen molar-refractivity contribution in [1.29, 1.82) is 0 Å². The smallest absolute Gasteiger partial charge is 0.0128 e. The average Bonchev–Trinajstić information content (AvgIpc) is 3.18. The number of benzene rings is 1. The minimum Gasteiger partial charge on any atom is -0.0801 e.